The van der Waals surface area contributed by atoms with Gasteiger partial charge < -0.3 is 4.90 Å². The molecule has 0 radical (unpaired) electrons. The van der Waals surface area contributed by atoms with E-state index in [2.05, 4.69) is 48.3 Å². The second-order valence-corrected chi connectivity index (χ2v) is 11.2. The molecule has 1 aromatic rings. The summed E-state index contributed by atoms with van der Waals surface area (Å²) in [7, 11) is -1.11. The Labute approximate surface area is 107 Å². The van der Waals surface area contributed by atoms with E-state index in [4.69, 9.17) is 0 Å². The molecule has 94 valence electrons. The highest BCUT2D eigenvalue weighted by atomic mass is 28.3. The summed E-state index contributed by atoms with van der Waals surface area (Å²) in [5, 5.41) is 0. The van der Waals surface area contributed by atoms with Crippen LogP contribution in [0.15, 0.2) is 30.3 Å². The molecule has 1 aromatic carbocycles. The van der Waals surface area contributed by atoms with E-state index in [0.717, 1.165) is 0 Å². The molecule has 1 saturated heterocycles. The molecular formula is C15H25NSi. The lowest BCUT2D eigenvalue weighted by molar-refractivity contribution is 0.258. The molecule has 0 N–H and O–H groups in total. The van der Waals surface area contributed by atoms with E-state index in [1.807, 2.05) is 0 Å². The number of hydrogen-bond donors (Lipinski definition) is 0. The summed E-state index contributed by atoms with van der Waals surface area (Å²) >= 11 is 0. The van der Waals surface area contributed by atoms with Crippen molar-refractivity contribution in [1.29, 1.82) is 0 Å². The number of piperidine rings is 1. The molecule has 0 unspecified atom stereocenters. The third-order valence-electron chi connectivity index (χ3n) is 3.63. The highest BCUT2D eigenvalue weighted by molar-refractivity contribution is 6.77. The normalized spacial score (nSPS) is 18.2. The van der Waals surface area contributed by atoms with Gasteiger partial charge in [-0.05, 0) is 38.1 Å². The molecule has 1 aliphatic heterocycles. The quantitative estimate of drug-likeness (QED) is 0.736. The summed E-state index contributed by atoms with van der Waals surface area (Å²) in [5.41, 5.74) is 1.53. The van der Waals surface area contributed by atoms with Gasteiger partial charge in [-0.15, -0.1) is 0 Å². The SMILES string of the molecule is C[Si](C)(Cc1ccccc1)CN1CCCCC1. The highest BCUT2D eigenvalue weighted by Crippen LogP contribution is 2.16. The number of rotatable bonds is 4. The zero-order valence-corrected chi connectivity index (χ0v) is 12.3. The van der Waals surface area contributed by atoms with Gasteiger partial charge in [-0.1, -0.05) is 55.4 Å². The summed E-state index contributed by atoms with van der Waals surface area (Å²) in [6.45, 7) is 7.75. The standard InChI is InChI=1S/C15H25NSi/c1-17(2,13-15-9-5-3-6-10-15)14-16-11-7-4-8-12-16/h3,5-6,9-10H,4,7-8,11-14H2,1-2H3. The lowest BCUT2D eigenvalue weighted by Crippen LogP contribution is -2.46. The molecule has 0 bridgehead atoms. The van der Waals surface area contributed by atoms with Gasteiger partial charge in [0, 0.05) is 0 Å². The van der Waals surface area contributed by atoms with Crippen LogP contribution in [-0.4, -0.2) is 32.2 Å². The highest BCUT2D eigenvalue weighted by Gasteiger charge is 2.25. The molecule has 1 fully saturated rings. The first-order valence-corrected chi connectivity index (χ1v) is 10.3. The smallest absolute Gasteiger partial charge is 0.0672 e. The monoisotopic (exact) mass is 247 g/mol. The molecule has 1 aliphatic rings. The van der Waals surface area contributed by atoms with Crippen molar-refractivity contribution < 1.29 is 0 Å². The van der Waals surface area contributed by atoms with Crippen molar-refractivity contribution in [3.63, 3.8) is 0 Å². The van der Waals surface area contributed by atoms with E-state index >= 15 is 0 Å². The zero-order chi connectivity index (χ0) is 12.1. The van der Waals surface area contributed by atoms with E-state index in [1.165, 1.54) is 50.1 Å². The molecule has 17 heavy (non-hydrogen) atoms. The van der Waals surface area contributed by atoms with E-state index in [0.29, 0.717) is 0 Å². The van der Waals surface area contributed by atoms with Crippen LogP contribution in [0.5, 0.6) is 0 Å². The number of hydrogen-bond acceptors (Lipinski definition) is 1. The van der Waals surface area contributed by atoms with Gasteiger partial charge in [0.2, 0.25) is 0 Å². The average molecular weight is 247 g/mol. The molecule has 0 aliphatic carbocycles. The Balaban J connectivity index is 1.89. The maximum absolute atomic E-state index is 2.71. The summed E-state index contributed by atoms with van der Waals surface area (Å²) in [5.74, 6) is 0. The molecule has 1 heterocycles. The second-order valence-electron chi connectivity index (χ2n) is 6.16. The van der Waals surface area contributed by atoms with Crippen molar-refractivity contribution in [2.24, 2.45) is 0 Å². The average Bonchev–Trinajstić information content (AvgIpc) is 2.30. The minimum absolute atomic E-state index is 1.11. The van der Waals surface area contributed by atoms with Crippen LogP contribution in [0, 0.1) is 0 Å². The number of likely N-dealkylation sites (tertiary alicyclic amines) is 1. The van der Waals surface area contributed by atoms with Gasteiger partial charge in [0.15, 0.2) is 0 Å². The molecule has 1 nitrogen and oxygen atoms in total. The minimum Gasteiger partial charge on any atom is -0.306 e. The van der Waals surface area contributed by atoms with Crippen LogP contribution in [0.25, 0.3) is 0 Å². The number of benzene rings is 1. The van der Waals surface area contributed by atoms with Crippen molar-refractivity contribution in [3.05, 3.63) is 35.9 Å². The molecule has 0 amide bonds. The lowest BCUT2D eigenvalue weighted by Gasteiger charge is -2.33. The summed E-state index contributed by atoms with van der Waals surface area (Å²) < 4.78 is 0. The molecule has 0 spiro atoms. The summed E-state index contributed by atoms with van der Waals surface area (Å²) in [4.78, 5) is 2.71. The maximum atomic E-state index is 2.71. The van der Waals surface area contributed by atoms with Gasteiger partial charge in [-0.2, -0.15) is 0 Å². The van der Waals surface area contributed by atoms with Crippen LogP contribution >= 0.6 is 0 Å². The Morgan fingerprint density at radius 1 is 1.00 bits per heavy atom. The Kier molecular flexibility index (Phi) is 4.40. The van der Waals surface area contributed by atoms with E-state index in [9.17, 15) is 0 Å². The molecule has 2 rings (SSSR count). The fourth-order valence-corrected chi connectivity index (χ4v) is 5.91. The molecule has 0 atom stereocenters. The summed E-state index contributed by atoms with van der Waals surface area (Å²) in [6, 6.07) is 12.3. The largest absolute Gasteiger partial charge is 0.306 e. The third-order valence-corrected chi connectivity index (χ3v) is 6.29. The summed E-state index contributed by atoms with van der Waals surface area (Å²) in [6.07, 6.45) is 5.64. The van der Waals surface area contributed by atoms with Gasteiger partial charge in [0.05, 0.1) is 8.07 Å². The van der Waals surface area contributed by atoms with Gasteiger partial charge in [0.25, 0.3) is 0 Å². The molecule has 0 aromatic heterocycles. The van der Waals surface area contributed by atoms with Crippen molar-refractivity contribution >= 4 is 8.07 Å². The first-order chi connectivity index (χ1) is 8.16. The zero-order valence-electron chi connectivity index (χ0n) is 11.3. The van der Waals surface area contributed by atoms with Crippen molar-refractivity contribution in [3.8, 4) is 0 Å². The van der Waals surface area contributed by atoms with E-state index < -0.39 is 8.07 Å². The topological polar surface area (TPSA) is 3.24 Å². The second kappa shape index (κ2) is 5.83. The first kappa shape index (κ1) is 12.8. The van der Waals surface area contributed by atoms with Gasteiger partial charge in [0.1, 0.15) is 0 Å². The van der Waals surface area contributed by atoms with E-state index in [1.54, 1.807) is 0 Å². The fourth-order valence-electron chi connectivity index (χ4n) is 2.93. The van der Waals surface area contributed by atoms with Crippen molar-refractivity contribution in [1.82, 2.24) is 4.90 Å². The van der Waals surface area contributed by atoms with Crippen LogP contribution in [0.4, 0.5) is 0 Å². The van der Waals surface area contributed by atoms with Gasteiger partial charge in [-0.3, -0.25) is 0 Å². The first-order valence-electron chi connectivity index (χ1n) is 6.92. The molecule has 2 heteroatoms. The van der Waals surface area contributed by atoms with Crippen LogP contribution < -0.4 is 0 Å². The molecule has 0 saturated carbocycles. The number of nitrogens with zero attached hydrogens (tertiary/aromatic N) is 1. The predicted octanol–water partition coefficient (Wildman–Crippen LogP) is 3.50. The van der Waals surface area contributed by atoms with Gasteiger partial charge >= 0.3 is 0 Å². The minimum atomic E-state index is -1.11. The van der Waals surface area contributed by atoms with Crippen molar-refractivity contribution in [2.45, 2.75) is 38.4 Å². The van der Waals surface area contributed by atoms with Crippen LogP contribution in [0.2, 0.25) is 13.1 Å². The van der Waals surface area contributed by atoms with Crippen LogP contribution in [-0.2, 0) is 6.04 Å². The fraction of sp³-hybridized carbons (Fsp3) is 0.600. The Morgan fingerprint density at radius 2 is 1.65 bits per heavy atom. The predicted molar refractivity (Wildman–Crippen MR) is 77.9 cm³/mol. The Bertz CT molecular complexity index is 328. The lowest BCUT2D eigenvalue weighted by atomic mass is 10.1. The van der Waals surface area contributed by atoms with E-state index in [-0.39, 0.29) is 0 Å². The van der Waals surface area contributed by atoms with Crippen LogP contribution in [0.1, 0.15) is 24.8 Å². The van der Waals surface area contributed by atoms with Gasteiger partial charge in [-0.25, -0.2) is 0 Å². The van der Waals surface area contributed by atoms with Crippen molar-refractivity contribution in [2.75, 3.05) is 19.3 Å². The Hall–Kier alpha value is -0.603. The van der Waals surface area contributed by atoms with Crippen LogP contribution in [0.3, 0.4) is 0 Å². The maximum Gasteiger partial charge on any atom is 0.0672 e. The molecular weight excluding hydrogens is 222 g/mol. The third kappa shape index (κ3) is 4.28. The Morgan fingerprint density at radius 3 is 2.29 bits per heavy atom.